The number of rotatable bonds is 14. The molecule has 88 heavy (non-hydrogen) atoms. The summed E-state index contributed by atoms with van der Waals surface area (Å²) in [5, 5.41) is 13.2. The fraction of sp³-hybridized carbons (Fsp3) is 0.457. The number of aryl methyl sites for hydroxylation is 6. The van der Waals surface area contributed by atoms with Crippen LogP contribution >= 0.6 is 23.2 Å². The number of carbonyl (C=O) groups is 4. The van der Waals surface area contributed by atoms with Crippen LogP contribution < -0.4 is 32.4 Å². The molecule has 2 aromatic heterocycles. The first kappa shape index (κ1) is 62.7. The predicted octanol–water partition coefficient (Wildman–Crippen LogP) is 13.2. The molecular weight excluding hydrogens is 1160 g/mol. The molecule has 6 aromatic rings. The van der Waals surface area contributed by atoms with Gasteiger partial charge < -0.3 is 49.3 Å². The fourth-order valence-electron chi connectivity index (χ4n) is 12.1. The van der Waals surface area contributed by atoms with Gasteiger partial charge in [0, 0.05) is 102 Å². The third-order valence-electron chi connectivity index (χ3n) is 18.4. The summed E-state index contributed by atoms with van der Waals surface area (Å²) in [7, 11) is 3.56. The van der Waals surface area contributed by atoms with E-state index in [2.05, 4.69) is 27.3 Å². The minimum atomic E-state index is 0.0197. The Balaban J connectivity index is 0.000000123. The van der Waals surface area contributed by atoms with Crippen molar-refractivity contribution in [3.05, 3.63) is 159 Å². The van der Waals surface area contributed by atoms with Crippen LogP contribution in [0.25, 0.3) is 22.3 Å². The first-order valence-corrected chi connectivity index (χ1v) is 32.2. The second-order valence-electron chi connectivity index (χ2n) is 24.7. The molecular formula is C70H80Cl2N6O10. The average Bonchev–Trinajstić information content (AvgIpc) is 1.61. The highest BCUT2D eigenvalue weighted by Crippen LogP contribution is 2.39. The molecule has 4 N–H and O–H groups in total. The highest BCUT2D eigenvalue weighted by molar-refractivity contribution is 6.32. The predicted molar refractivity (Wildman–Crippen MR) is 344 cm³/mol. The standard InChI is InChI=1S/2C21H24N2O3.2C14H16ClNO2/c1-13-10-14(11-23(2)21(13)25)16-6-8-19-17(7-9-20(24)22-19)18(16)12-26-15-4-3-5-15;1-13-8-15(11-23(2)21(13)25)18-9-14-6-7-20(24)22-19(14)10-16(18)12-26-17-4-3-5-17;15-12-5-6-13-10(4-7-14(17)16-13)11(12)8-18-9-2-1-3-9;15-12-6-9-4-5-14(17)16-13(9)7-10(12)8-18-11-2-1-3-11/h6,8,10-11,15H,3-5,7,9,12H2,1-2H3,(H,22,24);8-11,17H,3-7,12H2,1-2H3,(H,22,24);5-6,9H,1-4,7-8H2,(H,16,17);6-7,11H,1-5,8H2,(H,16,17). The van der Waals surface area contributed by atoms with Crippen LogP contribution in [0, 0.1) is 13.8 Å². The lowest BCUT2D eigenvalue weighted by molar-refractivity contribution is -0.117. The summed E-state index contributed by atoms with van der Waals surface area (Å²) in [5.41, 5.74) is 18.0. The molecule has 0 unspecified atom stereocenters. The minimum Gasteiger partial charge on any atom is -0.374 e. The van der Waals surface area contributed by atoms with Crippen LogP contribution in [0.3, 0.4) is 0 Å². The lowest BCUT2D eigenvalue weighted by atomic mass is 9.90. The Bertz CT molecular complexity index is 3630. The molecule has 16 nitrogen and oxygen atoms in total. The molecule has 14 rings (SSSR count). The largest absolute Gasteiger partial charge is 0.374 e. The molecule has 0 saturated heterocycles. The number of nitrogens with zero attached hydrogens (tertiary/aromatic N) is 2. The van der Waals surface area contributed by atoms with Crippen molar-refractivity contribution in [1.82, 2.24) is 9.13 Å². The normalized spacial score (nSPS) is 17.7. The lowest BCUT2D eigenvalue weighted by Gasteiger charge is -2.28. The van der Waals surface area contributed by atoms with Gasteiger partial charge in [0.25, 0.3) is 11.1 Å². The van der Waals surface area contributed by atoms with E-state index in [1.54, 1.807) is 23.2 Å². The summed E-state index contributed by atoms with van der Waals surface area (Å²) in [6, 6.07) is 19.7. The molecule has 4 aliphatic heterocycles. The van der Waals surface area contributed by atoms with Gasteiger partial charge in [0.2, 0.25) is 23.6 Å². The third-order valence-corrected chi connectivity index (χ3v) is 19.1. The van der Waals surface area contributed by atoms with E-state index in [4.69, 9.17) is 42.1 Å². The quantitative estimate of drug-likeness (QED) is 0.0814. The fourth-order valence-corrected chi connectivity index (χ4v) is 12.6. The Morgan fingerprint density at radius 1 is 0.420 bits per heavy atom. The van der Waals surface area contributed by atoms with Crippen molar-refractivity contribution >= 4 is 69.6 Å². The zero-order chi connectivity index (χ0) is 61.6. The van der Waals surface area contributed by atoms with Gasteiger partial charge in [-0.1, -0.05) is 29.3 Å². The molecule has 4 aromatic carbocycles. The van der Waals surface area contributed by atoms with Crippen LogP contribution in [0.2, 0.25) is 10.0 Å². The summed E-state index contributed by atoms with van der Waals surface area (Å²) in [5.74, 6) is 0.287. The Hall–Kier alpha value is -6.92. The summed E-state index contributed by atoms with van der Waals surface area (Å²) in [6.07, 6.45) is 24.4. The van der Waals surface area contributed by atoms with Crippen molar-refractivity contribution in [3.63, 3.8) is 0 Å². The Morgan fingerprint density at radius 2 is 0.818 bits per heavy atom. The number of anilines is 4. The van der Waals surface area contributed by atoms with Crippen molar-refractivity contribution in [2.24, 2.45) is 14.1 Å². The number of hydrogen-bond donors (Lipinski definition) is 4. The molecule has 0 atom stereocenters. The van der Waals surface area contributed by atoms with Crippen LogP contribution in [0.4, 0.5) is 22.7 Å². The number of pyridine rings is 2. The first-order valence-electron chi connectivity index (χ1n) is 31.4. The van der Waals surface area contributed by atoms with Crippen molar-refractivity contribution < 1.29 is 38.1 Å². The topological polar surface area (TPSA) is 197 Å². The molecule has 4 amide bonds. The molecule has 6 heterocycles. The Labute approximate surface area is 524 Å². The zero-order valence-electron chi connectivity index (χ0n) is 50.9. The SMILES string of the molecule is Cc1cc(-c2cc3c(cc2COC2CCC2)NC(=O)CC3)cn(C)c1=O.Cc1cc(-c2ccc3c(c2COC2CCC2)CCC(=O)N3)cn(C)c1=O.O=C1CCc2c(ccc(Cl)c2COC2CCC2)N1.O=C1CCc2cc(Cl)c(COC3CCC3)cc2N1. The van der Waals surface area contributed by atoms with E-state index < -0.39 is 0 Å². The molecule has 464 valence electrons. The smallest absolute Gasteiger partial charge is 0.253 e. The summed E-state index contributed by atoms with van der Waals surface area (Å²) in [4.78, 5) is 70.4. The maximum Gasteiger partial charge on any atom is 0.253 e. The monoisotopic (exact) mass is 1230 g/mol. The number of ether oxygens (including phenoxy) is 4. The van der Waals surface area contributed by atoms with Gasteiger partial charge in [-0.3, -0.25) is 28.8 Å². The van der Waals surface area contributed by atoms with Crippen LogP contribution in [0.5, 0.6) is 0 Å². The highest BCUT2D eigenvalue weighted by atomic mass is 35.5. The average molecular weight is 1240 g/mol. The number of aromatic nitrogens is 2. The number of nitrogens with one attached hydrogen (secondary N) is 4. The van der Waals surface area contributed by atoms with Gasteiger partial charge in [-0.05, 0) is 232 Å². The maximum absolute atomic E-state index is 12.1. The van der Waals surface area contributed by atoms with Gasteiger partial charge in [-0.2, -0.15) is 0 Å². The molecule has 0 radical (unpaired) electrons. The zero-order valence-corrected chi connectivity index (χ0v) is 52.5. The Kier molecular flexibility index (Phi) is 20.1. The van der Waals surface area contributed by atoms with E-state index in [1.165, 1.54) is 25.7 Å². The van der Waals surface area contributed by atoms with Gasteiger partial charge in [-0.25, -0.2) is 0 Å². The number of halogens is 2. The van der Waals surface area contributed by atoms with Crippen LogP contribution in [-0.4, -0.2) is 57.2 Å². The lowest BCUT2D eigenvalue weighted by Crippen LogP contribution is -2.24. The van der Waals surface area contributed by atoms with Gasteiger partial charge in [-0.15, -0.1) is 0 Å². The van der Waals surface area contributed by atoms with E-state index in [0.717, 1.165) is 188 Å². The third kappa shape index (κ3) is 15.0. The van der Waals surface area contributed by atoms with Gasteiger partial charge >= 0.3 is 0 Å². The number of carbonyl (C=O) groups excluding carboxylic acids is 4. The van der Waals surface area contributed by atoms with Gasteiger partial charge in [0.05, 0.1) is 50.8 Å². The van der Waals surface area contributed by atoms with Gasteiger partial charge in [0.1, 0.15) is 0 Å². The van der Waals surface area contributed by atoms with Crippen molar-refractivity contribution in [1.29, 1.82) is 0 Å². The van der Waals surface area contributed by atoms with Crippen LogP contribution in [0.15, 0.2) is 82.6 Å². The minimum absolute atomic E-state index is 0.0197. The summed E-state index contributed by atoms with van der Waals surface area (Å²) in [6.45, 7) is 5.84. The molecule has 0 bridgehead atoms. The van der Waals surface area contributed by atoms with Gasteiger partial charge in [0.15, 0.2) is 0 Å². The molecule has 0 spiro atoms. The van der Waals surface area contributed by atoms with Crippen LogP contribution in [-0.2, 0) is 104 Å². The second-order valence-corrected chi connectivity index (χ2v) is 25.6. The van der Waals surface area contributed by atoms with Crippen molar-refractivity contribution in [2.75, 3.05) is 21.3 Å². The molecule has 18 heteroatoms. The number of benzene rings is 4. The van der Waals surface area contributed by atoms with Crippen LogP contribution in [0.1, 0.15) is 158 Å². The highest BCUT2D eigenvalue weighted by Gasteiger charge is 2.28. The van der Waals surface area contributed by atoms with E-state index in [-0.39, 0.29) is 34.7 Å². The second kappa shape index (κ2) is 28.3. The number of fused-ring (bicyclic) bond motifs is 4. The van der Waals surface area contributed by atoms with E-state index in [0.29, 0.717) is 76.5 Å². The van der Waals surface area contributed by atoms with Crippen molar-refractivity contribution in [2.45, 2.75) is 193 Å². The summed E-state index contributed by atoms with van der Waals surface area (Å²) >= 11 is 12.5. The number of hydrogen-bond acceptors (Lipinski definition) is 10. The molecule has 4 fully saturated rings. The summed E-state index contributed by atoms with van der Waals surface area (Å²) < 4.78 is 27.0. The maximum atomic E-state index is 12.1. The molecule has 4 saturated carbocycles. The first-order chi connectivity index (χ1) is 42.5. The number of amides is 4. The van der Waals surface area contributed by atoms with E-state index in [9.17, 15) is 28.8 Å². The Morgan fingerprint density at radius 3 is 1.30 bits per heavy atom. The van der Waals surface area contributed by atoms with E-state index in [1.807, 2.05) is 80.8 Å². The molecule has 4 aliphatic carbocycles. The molecule has 8 aliphatic rings. The van der Waals surface area contributed by atoms with Crippen molar-refractivity contribution in [3.8, 4) is 22.3 Å². The van der Waals surface area contributed by atoms with E-state index >= 15 is 0 Å².